The van der Waals surface area contributed by atoms with Crippen LogP contribution in [0.25, 0.3) is 44.8 Å². The Morgan fingerprint density at radius 3 is 2.55 bits per heavy atom. The number of aromatic nitrogens is 5. The average Bonchev–Trinajstić information content (AvgIpc) is 3.28. The van der Waals surface area contributed by atoms with Gasteiger partial charge in [0.05, 0.1) is 34.6 Å². The molecule has 1 aromatic carbocycles. The van der Waals surface area contributed by atoms with Crippen LogP contribution < -0.4 is 0 Å². The fraction of sp³-hybridized carbons (Fsp3) is 0.0417. The van der Waals surface area contributed by atoms with Crippen molar-refractivity contribution in [2.24, 2.45) is 0 Å². The zero-order valence-corrected chi connectivity index (χ0v) is 16.6. The number of nitrogens with zero attached hydrogens (tertiary/aromatic N) is 4. The van der Waals surface area contributed by atoms with Crippen molar-refractivity contribution < 1.29 is 9.90 Å². The summed E-state index contributed by atoms with van der Waals surface area (Å²) in [6, 6.07) is 18.7. The standard InChI is InChI=1S/C24H17N5O2/c1-14-4-2-6-20(28-14)23-22(26-13-27-23)15-8-9-18-16(10-15)11-17(12-25-18)19-5-3-7-21(29-19)24(30)31/h2-13H,1H3,(H,26,27)(H,30,31). The molecule has 0 aliphatic carbocycles. The minimum Gasteiger partial charge on any atom is -0.477 e. The van der Waals surface area contributed by atoms with Crippen molar-refractivity contribution >= 4 is 16.9 Å². The first-order valence-corrected chi connectivity index (χ1v) is 9.67. The Morgan fingerprint density at radius 1 is 0.903 bits per heavy atom. The van der Waals surface area contributed by atoms with Gasteiger partial charge in [-0.3, -0.25) is 9.97 Å². The van der Waals surface area contributed by atoms with Crippen molar-refractivity contribution in [3.05, 3.63) is 84.6 Å². The van der Waals surface area contributed by atoms with Crippen LogP contribution in [0.15, 0.2) is 73.2 Å². The van der Waals surface area contributed by atoms with Crippen molar-refractivity contribution in [2.75, 3.05) is 0 Å². The quantitative estimate of drug-likeness (QED) is 0.445. The summed E-state index contributed by atoms with van der Waals surface area (Å²) in [5, 5.41) is 10.1. The normalized spacial score (nSPS) is 11.0. The predicted octanol–water partition coefficient (Wildman–Crippen LogP) is 4.76. The molecule has 4 heterocycles. The third kappa shape index (κ3) is 3.53. The van der Waals surface area contributed by atoms with Gasteiger partial charge in [-0.2, -0.15) is 0 Å². The number of hydrogen-bond donors (Lipinski definition) is 2. The topological polar surface area (TPSA) is 105 Å². The number of rotatable bonds is 4. The molecule has 0 unspecified atom stereocenters. The monoisotopic (exact) mass is 407 g/mol. The van der Waals surface area contributed by atoms with Crippen molar-refractivity contribution in [3.63, 3.8) is 0 Å². The highest BCUT2D eigenvalue weighted by molar-refractivity contribution is 5.90. The maximum Gasteiger partial charge on any atom is 0.354 e. The molecule has 0 amide bonds. The second-order valence-electron chi connectivity index (χ2n) is 7.14. The summed E-state index contributed by atoms with van der Waals surface area (Å²) in [4.78, 5) is 32.3. The van der Waals surface area contributed by atoms with E-state index in [0.29, 0.717) is 5.69 Å². The number of H-pyrrole nitrogens is 1. The van der Waals surface area contributed by atoms with Crippen molar-refractivity contribution in [3.8, 4) is 33.9 Å². The zero-order chi connectivity index (χ0) is 21.4. The molecule has 0 atom stereocenters. The molecule has 5 rings (SSSR count). The van der Waals surface area contributed by atoms with Crippen molar-refractivity contribution in [1.82, 2.24) is 24.9 Å². The van der Waals surface area contributed by atoms with Crippen LogP contribution in [-0.4, -0.2) is 36.0 Å². The molecule has 31 heavy (non-hydrogen) atoms. The largest absolute Gasteiger partial charge is 0.477 e. The SMILES string of the molecule is Cc1cccc(-c2[nH]cnc2-c2ccc3ncc(-c4cccc(C(=O)O)n4)cc3c2)n1. The third-order valence-electron chi connectivity index (χ3n) is 5.00. The van der Waals surface area contributed by atoms with Gasteiger partial charge in [0, 0.05) is 28.4 Å². The number of carboxylic acids is 1. The lowest BCUT2D eigenvalue weighted by atomic mass is 10.0. The highest BCUT2D eigenvalue weighted by Crippen LogP contribution is 2.31. The van der Waals surface area contributed by atoms with E-state index < -0.39 is 5.97 Å². The summed E-state index contributed by atoms with van der Waals surface area (Å²) >= 11 is 0. The lowest BCUT2D eigenvalue weighted by Gasteiger charge is -2.07. The van der Waals surface area contributed by atoms with Crippen LogP contribution in [0, 0.1) is 6.92 Å². The number of carbonyl (C=O) groups is 1. The van der Waals surface area contributed by atoms with Crippen LogP contribution in [0.5, 0.6) is 0 Å². The molecule has 5 aromatic rings. The van der Waals surface area contributed by atoms with E-state index in [4.69, 9.17) is 0 Å². The highest BCUT2D eigenvalue weighted by atomic mass is 16.4. The molecule has 0 aliphatic heterocycles. The Morgan fingerprint density at radius 2 is 1.71 bits per heavy atom. The van der Waals surface area contributed by atoms with Gasteiger partial charge in [-0.15, -0.1) is 0 Å². The van der Waals surface area contributed by atoms with E-state index in [0.717, 1.165) is 44.8 Å². The first kappa shape index (κ1) is 18.6. The van der Waals surface area contributed by atoms with E-state index in [2.05, 4.69) is 24.9 Å². The summed E-state index contributed by atoms with van der Waals surface area (Å²) in [6.45, 7) is 1.95. The predicted molar refractivity (Wildman–Crippen MR) is 117 cm³/mol. The van der Waals surface area contributed by atoms with E-state index in [9.17, 15) is 9.90 Å². The van der Waals surface area contributed by atoms with E-state index in [-0.39, 0.29) is 5.69 Å². The smallest absolute Gasteiger partial charge is 0.354 e. The molecule has 7 heteroatoms. The Kier molecular flexibility index (Phi) is 4.48. The number of pyridine rings is 3. The minimum atomic E-state index is -1.06. The molecular weight excluding hydrogens is 390 g/mol. The van der Waals surface area contributed by atoms with Gasteiger partial charge in [-0.25, -0.2) is 14.8 Å². The number of nitrogens with one attached hydrogen (secondary N) is 1. The fourth-order valence-electron chi connectivity index (χ4n) is 3.52. The zero-order valence-electron chi connectivity index (χ0n) is 16.6. The lowest BCUT2D eigenvalue weighted by molar-refractivity contribution is 0.0690. The Labute approximate surface area is 177 Å². The number of benzene rings is 1. The van der Waals surface area contributed by atoms with Crippen molar-refractivity contribution in [2.45, 2.75) is 6.92 Å². The molecule has 0 aliphatic rings. The van der Waals surface area contributed by atoms with Gasteiger partial charge in [0.15, 0.2) is 0 Å². The summed E-state index contributed by atoms with van der Waals surface area (Å²) in [5.41, 5.74) is 6.47. The average molecular weight is 407 g/mol. The molecule has 0 fully saturated rings. The summed E-state index contributed by atoms with van der Waals surface area (Å²) < 4.78 is 0. The number of carboxylic acid groups (broad SMARTS) is 1. The summed E-state index contributed by atoms with van der Waals surface area (Å²) in [7, 11) is 0. The third-order valence-corrected chi connectivity index (χ3v) is 5.00. The van der Waals surface area contributed by atoms with Gasteiger partial charge in [0.25, 0.3) is 0 Å². The van der Waals surface area contributed by atoms with Gasteiger partial charge in [0.2, 0.25) is 0 Å². The second-order valence-corrected chi connectivity index (χ2v) is 7.14. The molecule has 4 aromatic heterocycles. The molecule has 0 bridgehead atoms. The number of aryl methyl sites for hydroxylation is 1. The second kappa shape index (κ2) is 7.46. The van der Waals surface area contributed by atoms with Crippen LogP contribution in [0.4, 0.5) is 0 Å². The molecule has 0 saturated carbocycles. The van der Waals surface area contributed by atoms with E-state index in [1.165, 1.54) is 6.07 Å². The first-order valence-electron chi connectivity index (χ1n) is 9.67. The number of aromatic carboxylic acids is 1. The number of hydrogen-bond acceptors (Lipinski definition) is 5. The molecular formula is C24H17N5O2. The molecule has 2 N–H and O–H groups in total. The van der Waals surface area contributed by atoms with Crippen LogP contribution >= 0.6 is 0 Å². The summed E-state index contributed by atoms with van der Waals surface area (Å²) in [5.74, 6) is -1.06. The Bertz CT molecular complexity index is 1440. The Hall–Kier alpha value is -4.39. The Balaban J connectivity index is 1.59. The van der Waals surface area contributed by atoms with E-state index in [1.807, 2.05) is 49.4 Å². The maximum absolute atomic E-state index is 11.2. The highest BCUT2D eigenvalue weighted by Gasteiger charge is 2.13. The first-order chi connectivity index (χ1) is 15.1. The van der Waals surface area contributed by atoms with Crippen LogP contribution in [0.1, 0.15) is 16.2 Å². The molecule has 7 nitrogen and oxygen atoms in total. The van der Waals surface area contributed by atoms with Crippen LogP contribution in [-0.2, 0) is 0 Å². The van der Waals surface area contributed by atoms with Gasteiger partial charge in [0.1, 0.15) is 5.69 Å². The minimum absolute atomic E-state index is 0.00170. The van der Waals surface area contributed by atoms with Gasteiger partial charge in [-0.1, -0.05) is 18.2 Å². The van der Waals surface area contributed by atoms with E-state index in [1.54, 1.807) is 24.7 Å². The van der Waals surface area contributed by atoms with Gasteiger partial charge in [-0.05, 0) is 49.4 Å². The number of fused-ring (bicyclic) bond motifs is 1. The van der Waals surface area contributed by atoms with Crippen molar-refractivity contribution in [1.29, 1.82) is 0 Å². The van der Waals surface area contributed by atoms with Gasteiger partial charge < -0.3 is 10.1 Å². The fourth-order valence-corrected chi connectivity index (χ4v) is 3.52. The number of imidazole rings is 1. The molecule has 150 valence electrons. The molecule has 0 saturated heterocycles. The van der Waals surface area contributed by atoms with E-state index >= 15 is 0 Å². The van der Waals surface area contributed by atoms with Crippen LogP contribution in [0.3, 0.4) is 0 Å². The summed E-state index contributed by atoms with van der Waals surface area (Å²) in [6.07, 6.45) is 3.36. The maximum atomic E-state index is 11.2. The molecule has 0 radical (unpaired) electrons. The molecule has 0 spiro atoms. The number of aromatic amines is 1. The lowest BCUT2D eigenvalue weighted by Crippen LogP contribution is -2.00. The van der Waals surface area contributed by atoms with Gasteiger partial charge >= 0.3 is 5.97 Å². The van der Waals surface area contributed by atoms with Crippen LogP contribution in [0.2, 0.25) is 0 Å².